The van der Waals surface area contributed by atoms with Crippen molar-refractivity contribution in [3.63, 3.8) is 0 Å². The fourth-order valence-corrected chi connectivity index (χ4v) is 7.63. The predicted molar refractivity (Wildman–Crippen MR) is 231 cm³/mol. The standard InChI is InChI=1S/C43H52N6O16S/c1-22(51)44-26(21-50)19-30(52)45-29(41(61)62)20-27(40(59)60)36(55)48-34(32(23-11-5-2-6-12-23)24-13-7-3-8-14-24)39(58)46-28(17-18-31(53)54)37(56)47-33(25-15-9-4-10-16-25)38(57)49-35(42(63)64)43(65)66/h2-3,5-8,11-14,21,25-29,32-35H,4,9-10,15-20H2,1H3,(H,44,51)(H,45,52)(H,46,58)(H,47,56)(H,48,55)(H,49,57)(H,53,54)(H,59,60)(H,61,62)(H,63,64)(H,65,66)/t26-,27?,28-,29+,33-,34-,35+/m0/s1. The lowest BCUT2D eigenvalue weighted by Gasteiger charge is -2.33. The molecule has 2 aromatic carbocycles. The second-order valence-corrected chi connectivity index (χ2v) is 16.0. The van der Waals surface area contributed by atoms with Crippen molar-refractivity contribution in [1.29, 1.82) is 0 Å². The second kappa shape index (κ2) is 26.0. The molecule has 0 bridgehead atoms. The molecule has 6 amide bonds. The SMILES string of the molecule is CC(=O)N[C@H](C=O)CC(=O)N[C@H](CC(C(=O)O)C(=O)N[C@H](C(=O)N[C@@H](CCC(=O)O)C(=O)N[C@H](C(=O)N[C@H](C(=O)O)C(=O)S)C1CCCCC1)C(c1ccccc1)c1ccccc1)C(=O)O. The van der Waals surface area contributed by atoms with E-state index in [1.807, 2.05) is 5.32 Å². The molecule has 0 spiro atoms. The van der Waals surface area contributed by atoms with E-state index in [4.69, 9.17) is 0 Å². The van der Waals surface area contributed by atoms with E-state index < -0.39 is 144 Å². The smallest absolute Gasteiger partial charge is 0.335 e. The number of hydrogen-bond acceptors (Lipinski definition) is 12. The van der Waals surface area contributed by atoms with Gasteiger partial charge in [0.1, 0.15) is 36.4 Å². The third-order valence-corrected chi connectivity index (χ3v) is 10.9. The van der Waals surface area contributed by atoms with Gasteiger partial charge in [0.05, 0.1) is 12.5 Å². The van der Waals surface area contributed by atoms with Gasteiger partial charge in [0.25, 0.3) is 0 Å². The highest BCUT2D eigenvalue weighted by Gasteiger charge is 2.41. The van der Waals surface area contributed by atoms with Crippen LogP contribution in [0.1, 0.15) is 81.8 Å². The van der Waals surface area contributed by atoms with Crippen molar-refractivity contribution in [1.82, 2.24) is 31.9 Å². The van der Waals surface area contributed by atoms with Crippen molar-refractivity contribution in [2.24, 2.45) is 11.8 Å². The molecule has 1 aliphatic carbocycles. The zero-order valence-electron chi connectivity index (χ0n) is 35.5. The van der Waals surface area contributed by atoms with E-state index in [1.54, 1.807) is 60.7 Å². The highest BCUT2D eigenvalue weighted by Crippen LogP contribution is 2.30. The molecule has 0 radical (unpaired) electrons. The second-order valence-electron chi connectivity index (χ2n) is 15.5. The van der Waals surface area contributed by atoms with Crippen LogP contribution < -0.4 is 31.9 Å². The molecule has 1 saturated carbocycles. The van der Waals surface area contributed by atoms with E-state index in [0.29, 0.717) is 36.8 Å². The van der Waals surface area contributed by atoms with Crippen LogP contribution in [-0.4, -0.2) is 127 Å². The van der Waals surface area contributed by atoms with E-state index in [-0.39, 0.29) is 6.29 Å². The summed E-state index contributed by atoms with van der Waals surface area (Å²) in [4.78, 5) is 153. The fourth-order valence-electron chi connectivity index (χ4n) is 7.45. The number of benzene rings is 2. The molecule has 0 aromatic heterocycles. The molecular weight excluding hydrogens is 889 g/mol. The molecule has 0 heterocycles. The van der Waals surface area contributed by atoms with Crippen LogP contribution >= 0.6 is 12.6 Å². The van der Waals surface area contributed by atoms with Gasteiger partial charge in [0, 0.05) is 25.7 Å². The van der Waals surface area contributed by atoms with Crippen LogP contribution in [0.3, 0.4) is 0 Å². The number of carbonyl (C=O) groups excluding carboxylic acids is 8. The molecule has 23 heteroatoms. The van der Waals surface area contributed by atoms with E-state index >= 15 is 0 Å². The zero-order chi connectivity index (χ0) is 49.1. The molecule has 1 aliphatic rings. The molecule has 1 unspecified atom stereocenters. The van der Waals surface area contributed by atoms with Crippen LogP contribution in [0.4, 0.5) is 0 Å². The van der Waals surface area contributed by atoms with Crippen LogP contribution in [-0.2, 0) is 57.5 Å². The van der Waals surface area contributed by atoms with Crippen LogP contribution in [0.15, 0.2) is 60.7 Å². The Morgan fingerprint density at radius 3 is 1.70 bits per heavy atom. The van der Waals surface area contributed by atoms with Crippen LogP contribution in [0.2, 0.25) is 0 Å². The summed E-state index contributed by atoms with van der Waals surface area (Å²) in [6.45, 7) is 1.06. The van der Waals surface area contributed by atoms with Gasteiger partial charge in [-0.05, 0) is 36.3 Å². The lowest BCUT2D eigenvalue weighted by Crippen LogP contribution is -2.61. The maximum absolute atomic E-state index is 14.7. The summed E-state index contributed by atoms with van der Waals surface area (Å²) in [6, 6.07) is 5.32. The number of hydrogen-bond donors (Lipinski definition) is 11. The van der Waals surface area contributed by atoms with Gasteiger partial charge in [0.15, 0.2) is 6.04 Å². The Bertz CT molecular complexity index is 2070. The first-order valence-electron chi connectivity index (χ1n) is 20.7. The summed E-state index contributed by atoms with van der Waals surface area (Å²) in [5.74, 6) is -17.5. The molecule has 10 N–H and O–H groups in total. The Hall–Kier alpha value is -7.17. The number of amides is 6. The first-order chi connectivity index (χ1) is 31.2. The van der Waals surface area contributed by atoms with Gasteiger partial charge < -0.3 is 57.1 Å². The number of nitrogens with one attached hydrogen (secondary N) is 6. The van der Waals surface area contributed by atoms with Gasteiger partial charge in [-0.3, -0.25) is 43.2 Å². The number of carboxylic acids is 4. The van der Waals surface area contributed by atoms with Crippen molar-refractivity contribution < 1.29 is 78.0 Å². The van der Waals surface area contributed by atoms with Gasteiger partial charge in [0.2, 0.25) is 40.6 Å². The Kier molecular flexibility index (Phi) is 20.9. The fraction of sp³-hybridized carbons (Fsp3) is 0.442. The highest BCUT2D eigenvalue weighted by molar-refractivity contribution is 7.96. The first kappa shape index (κ1) is 53.2. The van der Waals surface area contributed by atoms with Crippen molar-refractivity contribution in [3.05, 3.63) is 71.8 Å². The van der Waals surface area contributed by atoms with Gasteiger partial charge in [-0.25, -0.2) is 9.59 Å². The summed E-state index contributed by atoms with van der Waals surface area (Å²) < 4.78 is 0. The summed E-state index contributed by atoms with van der Waals surface area (Å²) in [7, 11) is 0. The number of rotatable bonds is 26. The highest BCUT2D eigenvalue weighted by atomic mass is 32.1. The minimum Gasteiger partial charge on any atom is -0.481 e. The summed E-state index contributed by atoms with van der Waals surface area (Å²) >= 11 is 3.53. The van der Waals surface area contributed by atoms with Gasteiger partial charge in [-0.1, -0.05) is 79.9 Å². The third kappa shape index (κ3) is 16.4. The van der Waals surface area contributed by atoms with E-state index in [9.17, 15) is 78.0 Å². The maximum Gasteiger partial charge on any atom is 0.335 e. The van der Waals surface area contributed by atoms with Crippen molar-refractivity contribution in [3.8, 4) is 0 Å². The number of aldehydes is 1. The monoisotopic (exact) mass is 940 g/mol. The number of carbonyl (C=O) groups is 12. The Morgan fingerprint density at radius 2 is 1.23 bits per heavy atom. The molecule has 66 heavy (non-hydrogen) atoms. The zero-order valence-corrected chi connectivity index (χ0v) is 36.4. The van der Waals surface area contributed by atoms with E-state index in [1.165, 1.54) is 0 Å². The summed E-state index contributed by atoms with van der Waals surface area (Å²) in [6.07, 6.45) is -0.157. The third-order valence-electron chi connectivity index (χ3n) is 10.7. The summed E-state index contributed by atoms with van der Waals surface area (Å²) in [5.41, 5.74) is 0.728. The maximum atomic E-state index is 14.7. The molecule has 3 rings (SSSR count). The number of thiol groups is 1. The first-order valence-corrected chi connectivity index (χ1v) is 21.1. The molecule has 0 saturated heterocycles. The van der Waals surface area contributed by atoms with E-state index in [2.05, 4.69) is 39.2 Å². The van der Waals surface area contributed by atoms with Crippen LogP contribution in [0.5, 0.6) is 0 Å². The molecule has 7 atom stereocenters. The number of aliphatic carboxylic acids is 4. The topological polar surface area (TPSA) is 358 Å². The summed E-state index contributed by atoms with van der Waals surface area (Å²) in [5, 5.41) is 51.7. The lowest BCUT2D eigenvalue weighted by atomic mass is 9.83. The Labute approximate surface area is 382 Å². The van der Waals surface area contributed by atoms with Crippen LogP contribution in [0, 0.1) is 11.8 Å². The van der Waals surface area contributed by atoms with Gasteiger partial charge >= 0.3 is 23.9 Å². The average molecular weight is 941 g/mol. The van der Waals surface area contributed by atoms with Crippen LogP contribution in [0.25, 0.3) is 0 Å². The molecule has 22 nitrogen and oxygen atoms in total. The van der Waals surface area contributed by atoms with Crippen molar-refractivity contribution >= 4 is 83.4 Å². The normalized spacial score (nSPS) is 15.7. The molecule has 1 fully saturated rings. The minimum atomic E-state index is -2.29. The molecule has 0 aliphatic heterocycles. The largest absolute Gasteiger partial charge is 0.481 e. The van der Waals surface area contributed by atoms with Crippen molar-refractivity contribution in [2.45, 2.75) is 107 Å². The van der Waals surface area contributed by atoms with Gasteiger partial charge in [-0.2, -0.15) is 0 Å². The quantitative estimate of drug-likeness (QED) is 0.0322. The van der Waals surface area contributed by atoms with Crippen molar-refractivity contribution in [2.75, 3.05) is 0 Å². The van der Waals surface area contributed by atoms with Gasteiger partial charge in [-0.15, -0.1) is 12.6 Å². The molecular formula is C43H52N6O16S. The predicted octanol–water partition coefficient (Wildman–Crippen LogP) is -0.502. The van der Waals surface area contributed by atoms with E-state index in [0.717, 1.165) is 13.3 Å². The average Bonchev–Trinajstić information content (AvgIpc) is 3.26. The Morgan fingerprint density at radius 1 is 0.652 bits per heavy atom. The Balaban J connectivity index is 2.08. The number of carboxylic acid groups (broad SMARTS) is 4. The molecule has 2 aromatic rings. The molecule has 356 valence electrons. The minimum absolute atomic E-state index is 0.220. The lowest BCUT2D eigenvalue weighted by molar-refractivity contribution is -0.150.